The van der Waals surface area contributed by atoms with E-state index in [0.29, 0.717) is 27.8 Å². The van der Waals surface area contributed by atoms with Crippen LogP contribution in [0.2, 0.25) is 0 Å². The number of hydrogen-bond acceptors (Lipinski definition) is 4. The van der Waals surface area contributed by atoms with E-state index in [0.717, 1.165) is 18.0 Å². The third-order valence-corrected chi connectivity index (χ3v) is 4.42. The standard InChI is InChI=1S/C17H18F3N3O3/c1-3-10-4-11-5-14(26-9(2)24)16(25)23(8-17(18,19)20)7-13(11)12-6-21-22-15(10)12/h4,6,14H,3,5,7-8H2,1-2H3,(H,21,22)/t14-/m0/s1. The van der Waals surface area contributed by atoms with Gasteiger partial charge in [-0.05, 0) is 23.1 Å². The van der Waals surface area contributed by atoms with Crippen molar-refractivity contribution in [2.24, 2.45) is 0 Å². The van der Waals surface area contributed by atoms with Crippen LogP contribution in [0.1, 0.15) is 30.5 Å². The number of amides is 1. The highest BCUT2D eigenvalue weighted by Crippen LogP contribution is 2.32. The van der Waals surface area contributed by atoms with Gasteiger partial charge in [-0.15, -0.1) is 0 Å². The minimum atomic E-state index is -4.56. The molecule has 1 atom stereocenters. The summed E-state index contributed by atoms with van der Waals surface area (Å²) in [5.74, 6) is -1.55. The Balaban J connectivity index is 2.12. The smallest absolute Gasteiger partial charge is 0.406 e. The van der Waals surface area contributed by atoms with E-state index in [2.05, 4.69) is 10.2 Å². The van der Waals surface area contributed by atoms with Crippen LogP contribution in [-0.4, -0.2) is 45.8 Å². The molecule has 1 aliphatic rings. The number of nitrogens with zero attached hydrogens (tertiary/aromatic N) is 2. The summed E-state index contributed by atoms with van der Waals surface area (Å²) >= 11 is 0. The van der Waals surface area contributed by atoms with Crippen molar-refractivity contribution in [3.8, 4) is 0 Å². The molecule has 0 spiro atoms. The molecule has 1 aromatic heterocycles. The Morgan fingerprint density at radius 1 is 1.46 bits per heavy atom. The van der Waals surface area contributed by atoms with Crippen molar-refractivity contribution in [3.05, 3.63) is 29.0 Å². The lowest BCUT2D eigenvalue weighted by Gasteiger charge is -2.25. The molecule has 0 unspecified atom stereocenters. The number of hydrogen-bond donors (Lipinski definition) is 1. The van der Waals surface area contributed by atoms with Crippen molar-refractivity contribution < 1.29 is 27.5 Å². The molecule has 0 aliphatic carbocycles. The topological polar surface area (TPSA) is 75.3 Å². The van der Waals surface area contributed by atoms with Crippen molar-refractivity contribution in [2.45, 2.75) is 45.5 Å². The highest BCUT2D eigenvalue weighted by atomic mass is 19.4. The third kappa shape index (κ3) is 3.51. The molecule has 0 bridgehead atoms. The van der Waals surface area contributed by atoms with Crippen molar-refractivity contribution in [1.82, 2.24) is 15.1 Å². The summed E-state index contributed by atoms with van der Waals surface area (Å²) in [5.41, 5.74) is 2.98. The fraction of sp³-hybridized carbons (Fsp3) is 0.471. The van der Waals surface area contributed by atoms with Crippen LogP contribution >= 0.6 is 0 Å². The number of ether oxygens (including phenoxy) is 1. The van der Waals surface area contributed by atoms with Crippen molar-refractivity contribution in [2.75, 3.05) is 6.54 Å². The largest absolute Gasteiger partial charge is 0.452 e. The normalized spacial score (nSPS) is 18.0. The van der Waals surface area contributed by atoms with Gasteiger partial charge in [-0.1, -0.05) is 13.0 Å². The molecule has 26 heavy (non-hydrogen) atoms. The molecule has 1 aliphatic heterocycles. The number of benzene rings is 1. The number of fused-ring (bicyclic) bond motifs is 3. The summed E-state index contributed by atoms with van der Waals surface area (Å²) in [6.07, 6.45) is -3.55. The molecule has 0 fully saturated rings. The minimum Gasteiger partial charge on any atom is -0.452 e. The van der Waals surface area contributed by atoms with Gasteiger partial charge in [0.25, 0.3) is 5.91 Å². The predicted octanol–water partition coefficient (Wildman–Crippen LogP) is 2.50. The Hall–Kier alpha value is -2.58. The second kappa shape index (κ2) is 6.62. The zero-order valence-corrected chi connectivity index (χ0v) is 14.3. The number of rotatable bonds is 3. The average Bonchev–Trinajstić information content (AvgIpc) is 2.98. The number of alkyl halides is 3. The van der Waals surface area contributed by atoms with E-state index in [1.54, 1.807) is 6.20 Å². The lowest BCUT2D eigenvalue weighted by molar-refractivity contribution is -0.172. The van der Waals surface area contributed by atoms with Gasteiger partial charge in [-0.25, -0.2) is 0 Å². The summed E-state index contributed by atoms with van der Waals surface area (Å²) in [5, 5.41) is 7.55. The first-order chi connectivity index (χ1) is 12.2. The number of H-pyrrole nitrogens is 1. The Kier molecular flexibility index (Phi) is 4.64. The van der Waals surface area contributed by atoms with Crippen LogP contribution in [0.25, 0.3) is 10.9 Å². The summed E-state index contributed by atoms with van der Waals surface area (Å²) < 4.78 is 43.9. The summed E-state index contributed by atoms with van der Waals surface area (Å²) in [4.78, 5) is 24.6. The van der Waals surface area contributed by atoms with Crippen LogP contribution in [-0.2, 0) is 33.7 Å². The van der Waals surface area contributed by atoms with Gasteiger partial charge >= 0.3 is 12.1 Å². The zero-order valence-electron chi connectivity index (χ0n) is 14.3. The van der Waals surface area contributed by atoms with Crippen LogP contribution in [0.4, 0.5) is 13.2 Å². The van der Waals surface area contributed by atoms with E-state index >= 15 is 0 Å². The van der Waals surface area contributed by atoms with Crippen LogP contribution in [0.15, 0.2) is 12.3 Å². The molecule has 0 saturated carbocycles. The molecule has 0 radical (unpaired) electrons. The lowest BCUT2D eigenvalue weighted by Crippen LogP contribution is -2.44. The number of aromatic nitrogens is 2. The number of halogens is 3. The van der Waals surface area contributed by atoms with Crippen LogP contribution in [0.3, 0.4) is 0 Å². The van der Waals surface area contributed by atoms with Gasteiger partial charge < -0.3 is 9.64 Å². The number of carbonyl (C=O) groups is 2. The second-order valence-corrected chi connectivity index (χ2v) is 6.30. The summed E-state index contributed by atoms with van der Waals surface area (Å²) in [7, 11) is 0. The number of carbonyl (C=O) groups excluding carboxylic acids is 2. The minimum absolute atomic E-state index is 0.0379. The third-order valence-electron chi connectivity index (χ3n) is 4.42. The van der Waals surface area contributed by atoms with Gasteiger partial charge in [0, 0.05) is 25.3 Å². The highest BCUT2D eigenvalue weighted by molar-refractivity contribution is 5.89. The maximum atomic E-state index is 13.0. The lowest BCUT2D eigenvalue weighted by atomic mass is 9.95. The first kappa shape index (κ1) is 18.2. The van der Waals surface area contributed by atoms with Crippen LogP contribution in [0, 0.1) is 0 Å². The van der Waals surface area contributed by atoms with E-state index in [1.807, 2.05) is 13.0 Å². The SMILES string of the molecule is CCc1cc2c(c3cn[nH]c13)CN(CC(F)(F)F)C(=O)[C@@H](OC(C)=O)C2. The predicted molar refractivity (Wildman–Crippen MR) is 86.2 cm³/mol. The zero-order chi connectivity index (χ0) is 19.1. The molecule has 6 nitrogen and oxygen atoms in total. The fourth-order valence-electron chi connectivity index (χ4n) is 3.35. The highest BCUT2D eigenvalue weighted by Gasteiger charge is 2.39. The number of aromatic amines is 1. The number of aryl methyl sites for hydroxylation is 1. The molecular weight excluding hydrogens is 351 g/mol. The Morgan fingerprint density at radius 3 is 2.81 bits per heavy atom. The van der Waals surface area contributed by atoms with Crippen molar-refractivity contribution >= 4 is 22.8 Å². The molecule has 2 aromatic rings. The van der Waals surface area contributed by atoms with E-state index in [4.69, 9.17) is 4.74 Å². The summed E-state index contributed by atoms with van der Waals surface area (Å²) in [6.45, 7) is 1.46. The van der Waals surface area contributed by atoms with Gasteiger partial charge in [-0.2, -0.15) is 18.3 Å². The van der Waals surface area contributed by atoms with E-state index in [-0.39, 0.29) is 13.0 Å². The van der Waals surface area contributed by atoms with Crippen LogP contribution in [0.5, 0.6) is 0 Å². The Morgan fingerprint density at radius 2 is 2.19 bits per heavy atom. The van der Waals surface area contributed by atoms with Gasteiger partial charge in [0.1, 0.15) is 6.54 Å². The average molecular weight is 369 g/mol. The monoisotopic (exact) mass is 369 g/mol. The fourth-order valence-corrected chi connectivity index (χ4v) is 3.35. The maximum Gasteiger partial charge on any atom is 0.406 e. The Labute approximate surface area is 147 Å². The van der Waals surface area contributed by atoms with Gasteiger partial charge in [0.05, 0.1) is 11.7 Å². The van der Waals surface area contributed by atoms with Gasteiger partial charge in [0.15, 0.2) is 6.10 Å². The molecule has 140 valence electrons. The summed E-state index contributed by atoms with van der Waals surface area (Å²) in [6, 6.07) is 1.84. The molecule has 0 saturated heterocycles. The first-order valence-electron chi connectivity index (χ1n) is 8.19. The van der Waals surface area contributed by atoms with Crippen molar-refractivity contribution in [3.63, 3.8) is 0 Å². The van der Waals surface area contributed by atoms with Gasteiger partial charge in [-0.3, -0.25) is 14.7 Å². The number of nitrogens with one attached hydrogen (secondary N) is 1. The molecular formula is C17H18F3N3O3. The second-order valence-electron chi connectivity index (χ2n) is 6.30. The van der Waals surface area contributed by atoms with Crippen molar-refractivity contribution in [1.29, 1.82) is 0 Å². The first-order valence-corrected chi connectivity index (χ1v) is 8.19. The van der Waals surface area contributed by atoms with Gasteiger partial charge in [0.2, 0.25) is 0 Å². The van der Waals surface area contributed by atoms with E-state index in [1.165, 1.54) is 0 Å². The molecule has 1 aromatic carbocycles. The molecule has 3 rings (SSSR count). The molecule has 9 heteroatoms. The molecule has 2 heterocycles. The van der Waals surface area contributed by atoms with E-state index in [9.17, 15) is 22.8 Å². The Bertz CT molecular complexity index is 860. The quantitative estimate of drug-likeness (QED) is 0.844. The molecule has 1 N–H and O–H groups in total. The van der Waals surface area contributed by atoms with Crippen LogP contribution < -0.4 is 0 Å². The molecule has 1 amide bonds. The maximum absolute atomic E-state index is 13.0. The van der Waals surface area contributed by atoms with E-state index < -0.39 is 30.7 Å². The number of esters is 1.